The Morgan fingerprint density at radius 2 is 0.404 bits per heavy atom. The molecule has 0 aliphatic rings. The van der Waals surface area contributed by atoms with Crippen LogP contribution < -0.4 is 28.4 Å². The van der Waals surface area contributed by atoms with Crippen LogP contribution >= 0.6 is 0 Å². The molecule has 0 bridgehead atoms. The van der Waals surface area contributed by atoms with E-state index in [0.29, 0.717) is 39.6 Å². The molecule has 11 aromatic rings. The smallest absolute Gasteiger partial charge is 0.203 e. The highest BCUT2D eigenvalue weighted by molar-refractivity contribution is 6.46. The zero-order valence-corrected chi connectivity index (χ0v) is 65.0. The lowest BCUT2D eigenvalue weighted by molar-refractivity contribution is 0.234. The Hall–Kier alpha value is -7.70. The molecule has 6 heteroatoms. The van der Waals surface area contributed by atoms with Gasteiger partial charge in [-0.2, -0.15) is 0 Å². The highest BCUT2D eigenvalue weighted by atomic mass is 16.5. The summed E-state index contributed by atoms with van der Waals surface area (Å²) in [6.07, 6.45) is 43.3. The van der Waals surface area contributed by atoms with Gasteiger partial charge in [0.15, 0.2) is 23.0 Å². The van der Waals surface area contributed by atoms with Crippen molar-refractivity contribution in [2.45, 2.75) is 273 Å². The van der Waals surface area contributed by atoms with Crippen LogP contribution in [0.4, 0.5) is 0 Å². The molecule has 0 aromatic heterocycles. The number of benzene rings is 9. The minimum atomic E-state index is 0.644. The lowest BCUT2D eigenvalue weighted by Crippen LogP contribution is -2.07. The predicted octanol–water partition coefficient (Wildman–Crippen LogP) is 30.6. The molecule has 0 heterocycles. The summed E-state index contributed by atoms with van der Waals surface area (Å²) in [7, 11) is 0. The molecular formula is C98H126O6. The molecule has 104 heavy (non-hydrogen) atoms. The fourth-order valence-corrected chi connectivity index (χ4v) is 16.2. The van der Waals surface area contributed by atoms with Gasteiger partial charge >= 0.3 is 0 Å². The Morgan fingerprint density at radius 1 is 0.192 bits per heavy atom. The minimum Gasteiger partial charge on any atom is -0.490 e. The summed E-state index contributed by atoms with van der Waals surface area (Å²) >= 11 is 0. The molecule has 0 saturated heterocycles. The van der Waals surface area contributed by atoms with Crippen molar-refractivity contribution in [3.05, 3.63) is 146 Å². The summed E-state index contributed by atoms with van der Waals surface area (Å²) in [5.74, 6) is 4.67. The Morgan fingerprint density at radius 3 is 0.644 bits per heavy atom. The van der Waals surface area contributed by atoms with Crippen LogP contribution in [0, 0.1) is 0 Å². The van der Waals surface area contributed by atoms with E-state index >= 15 is 0 Å². The second kappa shape index (κ2) is 41.9. The maximum atomic E-state index is 6.89. The van der Waals surface area contributed by atoms with E-state index in [1.54, 1.807) is 0 Å². The van der Waals surface area contributed by atoms with E-state index < -0.39 is 0 Å². The van der Waals surface area contributed by atoms with Gasteiger partial charge in [-0.3, -0.25) is 0 Å². The number of hydrogen-bond donors (Lipinski definition) is 0. The summed E-state index contributed by atoms with van der Waals surface area (Å²) in [4.78, 5) is 0. The molecule has 0 atom stereocenters. The molecule has 0 N–H and O–H groups in total. The van der Waals surface area contributed by atoms with Crippen LogP contribution in [0.3, 0.4) is 0 Å². The standard InChI is InChI=1S/C98H126O6/c1-7-13-19-25-31-37-63-99-85-69-79(70-86(100-64-38-32-26-20-14-8-2)97(85)103-67-41-35-29-23-17-11-5)73-55-59-77(60-56-73)91-93-81-51-43-47-75-49-45-53-83(89(75)81)95(93)92(96-84-54-46-50-76-48-44-52-82(90(76)84)94(91)96)78-61-57-74(58-62-78)80-71-87(101-65-39-33-27-21-15-9-3)98(104-68-42-36-30-24-18-12-6)88(72-80)102-66-40-34-28-22-16-10-4/h43-62,69-72H,7-42,63-68H2,1-6H3. The molecule has 11 aromatic carbocycles. The number of unbranched alkanes of at least 4 members (excludes halogenated alkanes) is 30. The van der Waals surface area contributed by atoms with E-state index in [1.165, 1.54) is 241 Å². The molecule has 554 valence electrons. The molecule has 0 fully saturated rings. The molecule has 0 radical (unpaired) electrons. The minimum absolute atomic E-state index is 0.644. The van der Waals surface area contributed by atoms with Crippen molar-refractivity contribution >= 4 is 64.6 Å². The van der Waals surface area contributed by atoms with Crippen molar-refractivity contribution in [1.82, 2.24) is 0 Å². The monoisotopic (exact) mass is 1400 g/mol. The predicted molar refractivity (Wildman–Crippen MR) is 449 cm³/mol. The van der Waals surface area contributed by atoms with Crippen LogP contribution in [0.15, 0.2) is 146 Å². The molecule has 0 amide bonds. The van der Waals surface area contributed by atoms with Crippen LogP contribution in [0.5, 0.6) is 34.5 Å². The molecule has 0 spiro atoms. The summed E-state index contributed by atoms with van der Waals surface area (Å²) in [5.41, 5.74) is 9.33. The lowest BCUT2D eigenvalue weighted by atomic mass is 9.86. The number of fused-ring (bicyclic) bond motifs is 6. The van der Waals surface area contributed by atoms with Crippen molar-refractivity contribution in [1.29, 1.82) is 0 Å². The quantitative estimate of drug-likeness (QED) is 0.0354. The van der Waals surface area contributed by atoms with Gasteiger partial charge in [0.05, 0.1) is 39.6 Å². The molecule has 0 aliphatic heterocycles. The molecule has 11 rings (SSSR count). The van der Waals surface area contributed by atoms with Gasteiger partial charge in [-0.15, -0.1) is 0 Å². The highest BCUT2D eigenvalue weighted by Crippen LogP contribution is 2.56. The first-order chi connectivity index (χ1) is 51.5. The highest BCUT2D eigenvalue weighted by Gasteiger charge is 2.28. The summed E-state index contributed by atoms with van der Waals surface area (Å²) in [6.45, 7) is 17.6. The Kier molecular flexibility index (Phi) is 31.1. The van der Waals surface area contributed by atoms with E-state index in [-0.39, 0.29) is 0 Å². The first-order valence-corrected chi connectivity index (χ1v) is 42.1. The lowest BCUT2D eigenvalue weighted by Gasteiger charge is -2.20. The van der Waals surface area contributed by atoms with Crippen molar-refractivity contribution in [3.8, 4) is 79.0 Å². The average molecular weight is 1400 g/mol. The largest absolute Gasteiger partial charge is 0.490 e. The number of rotatable bonds is 52. The average Bonchev–Trinajstić information content (AvgIpc) is 1.52. The fourth-order valence-electron chi connectivity index (χ4n) is 16.2. The van der Waals surface area contributed by atoms with Gasteiger partial charge in [0.2, 0.25) is 11.5 Å². The topological polar surface area (TPSA) is 55.4 Å². The second-order valence-corrected chi connectivity index (χ2v) is 30.1. The van der Waals surface area contributed by atoms with E-state index in [4.69, 9.17) is 28.4 Å². The molecule has 0 saturated carbocycles. The van der Waals surface area contributed by atoms with Crippen molar-refractivity contribution in [2.24, 2.45) is 0 Å². The second-order valence-electron chi connectivity index (χ2n) is 30.1. The van der Waals surface area contributed by atoms with Crippen molar-refractivity contribution < 1.29 is 28.4 Å². The third-order valence-corrected chi connectivity index (χ3v) is 22.0. The van der Waals surface area contributed by atoms with Gasteiger partial charge in [0.25, 0.3) is 0 Å². The zero-order chi connectivity index (χ0) is 71.9. The Balaban J connectivity index is 1.02. The van der Waals surface area contributed by atoms with E-state index in [9.17, 15) is 0 Å². The summed E-state index contributed by atoms with van der Waals surface area (Å²) in [5, 5.41) is 15.5. The molecular weight excluding hydrogens is 1270 g/mol. The van der Waals surface area contributed by atoms with E-state index in [2.05, 4.69) is 187 Å². The number of ether oxygens (including phenoxy) is 6. The molecule has 0 unspecified atom stereocenters. The maximum absolute atomic E-state index is 6.89. The Bertz CT molecular complexity index is 3840. The first-order valence-electron chi connectivity index (χ1n) is 42.1. The normalized spacial score (nSPS) is 11.8. The van der Waals surface area contributed by atoms with Crippen LogP contribution in [-0.4, -0.2) is 39.6 Å². The van der Waals surface area contributed by atoms with Gasteiger partial charge in [0.1, 0.15) is 0 Å². The molecule has 0 aliphatic carbocycles. The fraction of sp³-hybridized carbons (Fsp3) is 0.490. The van der Waals surface area contributed by atoms with Crippen molar-refractivity contribution in [2.75, 3.05) is 39.6 Å². The summed E-state index contributed by atoms with van der Waals surface area (Å²) in [6, 6.07) is 55.7. The maximum Gasteiger partial charge on any atom is 0.203 e. The number of hydrogen-bond acceptors (Lipinski definition) is 6. The van der Waals surface area contributed by atoms with Crippen LogP contribution in [0.2, 0.25) is 0 Å². The van der Waals surface area contributed by atoms with E-state index in [1.807, 2.05) is 0 Å². The van der Waals surface area contributed by atoms with Gasteiger partial charge in [-0.25, -0.2) is 0 Å². The van der Waals surface area contributed by atoms with Gasteiger partial charge < -0.3 is 28.4 Å². The zero-order valence-electron chi connectivity index (χ0n) is 65.0. The van der Waals surface area contributed by atoms with Crippen molar-refractivity contribution in [3.63, 3.8) is 0 Å². The van der Waals surface area contributed by atoms with Crippen LogP contribution in [-0.2, 0) is 0 Å². The SMILES string of the molecule is CCCCCCCCOc1cc(-c2ccc(-c3c4c5cccc6cccc(c4c(-c4ccc(-c7cc(OCCCCCCCC)c(OCCCCCCCC)c(OCCCCCCCC)c7)cc4)c4c7cccc8cccc(c34)c87)c65)cc2)cc(OCCCCCCCC)c1OCCCCCCCC. The van der Waals surface area contributed by atoms with Crippen LogP contribution in [0.25, 0.3) is 109 Å². The van der Waals surface area contributed by atoms with Gasteiger partial charge in [-0.05, 0) is 172 Å². The van der Waals surface area contributed by atoms with Gasteiger partial charge in [0, 0.05) is 0 Å². The third kappa shape index (κ3) is 20.1. The van der Waals surface area contributed by atoms with Gasteiger partial charge in [-0.1, -0.05) is 355 Å². The Labute approximate surface area is 626 Å². The van der Waals surface area contributed by atoms with E-state index in [0.717, 1.165) is 134 Å². The first kappa shape index (κ1) is 77.4. The summed E-state index contributed by atoms with van der Waals surface area (Å²) < 4.78 is 41.2. The van der Waals surface area contributed by atoms with Crippen LogP contribution in [0.1, 0.15) is 273 Å². The molecule has 6 nitrogen and oxygen atoms in total. The third-order valence-electron chi connectivity index (χ3n) is 22.0.